The maximum atomic E-state index is 2.54. The fourth-order valence-electron chi connectivity index (χ4n) is 11.1. The maximum absolute atomic E-state index is 2.54. The van der Waals surface area contributed by atoms with Gasteiger partial charge in [0, 0.05) is 16.5 Å². The summed E-state index contributed by atoms with van der Waals surface area (Å²) in [5, 5.41) is 2.57. The zero-order valence-corrected chi connectivity index (χ0v) is 31.6. The molecule has 8 aromatic carbocycles. The molecule has 0 spiro atoms. The van der Waals surface area contributed by atoms with Crippen LogP contribution in [0.2, 0.25) is 0 Å². The third-order valence-electron chi connectivity index (χ3n) is 13.2. The zero-order valence-electron chi connectivity index (χ0n) is 31.6. The zero-order chi connectivity index (χ0) is 37.6. The van der Waals surface area contributed by atoms with Crippen LogP contribution in [0, 0.1) is 0 Å². The molecule has 2 unspecified atom stereocenters. The molecule has 0 fully saturated rings. The minimum Gasteiger partial charge on any atom is -0.309 e. The fourth-order valence-corrected chi connectivity index (χ4v) is 11.1. The van der Waals surface area contributed by atoms with E-state index in [0.29, 0.717) is 0 Å². The van der Waals surface area contributed by atoms with Crippen LogP contribution in [0.5, 0.6) is 0 Å². The first-order valence-corrected chi connectivity index (χ1v) is 20.2. The normalized spacial score (nSPS) is 19.1. The van der Waals surface area contributed by atoms with Gasteiger partial charge < -0.3 is 4.57 Å². The fraction of sp³-hybridized carbons (Fsp3) is 0.0714. The lowest BCUT2D eigenvalue weighted by molar-refractivity contribution is 0.598. The van der Waals surface area contributed by atoms with Gasteiger partial charge in [0.1, 0.15) is 0 Å². The summed E-state index contributed by atoms with van der Waals surface area (Å²) in [6.45, 7) is 0. The van der Waals surface area contributed by atoms with Crippen molar-refractivity contribution in [2.75, 3.05) is 0 Å². The van der Waals surface area contributed by atoms with Crippen LogP contribution in [0.4, 0.5) is 0 Å². The summed E-state index contributed by atoms with van der Waals surface area (Å²) in [6, 6.07) is 75.0. The van der Waals surface area contributed by atoms with Crippen molar-refractivity contribution < 1.29 is 0 Å². The molecule has 0 radical (unpaired) electrons. The summed E-state index contributed by atoms with van der Waals surface area (Å²) in [6.07, 6.45) is 6.94. The molecule has 0 amide bonds. The largest absolute Gasteiger partial charge is 0.309 e. The molecule has 0 N–H and O–H groups in total. The standard InChI is InChI=1S/C56H39N/c1-3-18-40(19-4-1)55(42-22-15-17-39(37-42)38-33-35-43(36-34-38)57-52-31-13-8-24-45(52)46-25-9-14-32-53(46)57)49-28-11-12-29-50(49)56(41-20-5-2-6-21-41)48-27-10-7-23-44(48)47-26-16-30-51(55)54(47)56/h1-14,16-21,23-37H,15,22H2. The first-order valence-electron chi connectivity index (χ1n) is 20.2. The van der Waals surface area contributed by atoms with Crippen molar-refractivity contribution in [1.82, 2.24) is 4.57 Å². The Morgan fingerprint density at radius 2 is 0.930 bits per heavy atom. The Morgan fingerprint density at radius 1 is 0.404 bits per heavy atom. The predicted molar refractivity (Wildman–Crippen MR) is 236 cm³/mol. The van der Waals surface area contributed by atoms with Crippen molar-refractivity contribution in [3.8, 4) is 16.8 Å². The number of aromatic nitrogens is 1. The molecule has 3 aliphatic carbocycles. The molecule has 1 heteroatoms. The quantitative estimate of drug-likeness (QED) is 0.166. The van der Waals surface area contributed by atoms with Gasteiger partial charge in [0.05, 0.1) is 21.9 Å². The molecule has 12 rings (SSSR count). The van der Waals surface area contributed by atoms with Crippen molar-refractivity contribution in [1.29, 1.82) is 0 Å². The molecule has 268 valence electrons. The van der Waals surface area contributed by atoms with Gasteiger partial charge in [-0.15, -0.1) is 0 Å². The van der Waals surface area contributed by atoms with E-state index in [2.05, 4.69) is 217 Å². The summed E-state index contributed by atoms with van der Waals surface area (Å²) in [4.78, 5) is 0. The summed E-state index contributed by atoms with van der Waals surface area (Å²) in [5.74, 6) is 0. The third kappa shape index (κ3) is 4.29. The van der Waals surface area contributed by atoms with Crippen LogP contribution in [0.3, 0.4) is 0 Å². The van der Waals surface area contributed by atoms with E-state index in [1.165, 1.54) is 94.3 Å². The summed E-state index contributed by atoms with van der Waals surface area (Å²) >= 11 is 0. The number of nitrogens with zero attached hydrogens (tertiary/aromatic N) is 1. The second-order valence-corrected chi connectivity index (χ2v) is 15.8. The highest BCUT2D eigenvalue weighted by atomic mass is 15.0. The number of para-hydroxylation sites is 2. The van der Waals surface area contributed by atoms with E-state index in [0.717, 1.165) is 12.8 Å². The van der Waals surface area contributed by atoms with Crippen LogP contribution in [-0.2, 0) is 10.8 Å². The van der Waals surface area contributed by atoms with Crippen LogP contribution in [0.1, 0.15) is 57.3 Å². The topological polar surface area (TPSA) is 4.93 Å². The molecule has 57 heavy (non-hydrogen) atoms. The van der Waals surface area contributed by atoms with Gasteiger partial charge in [0.25, 0.3) is 0 Å². The maximum Gasteiger partial charge on any atom is 0.0720 e. The highest BCUT2D eigenvalue weighted by molar-refractivity contribution is 6.09. The van der Waals surface area contributed by atoms with Crippen molar-refractivity contribution in [2.24, 2.45) is 0 Å². The number of rotatable bonds is 5. The van der Waals surface area contributed by atoms with Crippen molar-refractivity contribution in [3.63, 3.8) is 0 Å². The van der Waals surface area contributed by atoms with E-state index in [1.807, 2.05) is 0 Å². The average Bonchev–Trinajstić information content (AvgIpc) is 3.79. The number of fused-ring (bicyclic) bond motifs is 8. The van der Waals surface area contributed by atoms with E-state index in [9.17, 15) is 0 Å². The molecular weight excluding hydrogens is 687 g/mol. The first kappa shape index (κ1) is 32.3. The third-order valence-corrected chi connectivity index (χ3v) is 13.2. The highest BCUT2D eigenvalue weighted by Crippen LogP contribution is 2.66. The number of hydrogen-bond donors (Lipinski definition) is 0. The smallest absolute Gasteiger partial charge is 0.0720 e. The Labute approximate surface area is 333 Å². The van der Waals surface area contributed by atoms with E-state index >= 15 is 0 Å². The number of benzene rings is 8. The Morgan fingerprint density at radius 3 is 1.61 bits per heavy atom. The average molecular weight is 726 g/mol. The molecule has 1 aromatic heterocycles. The number of hydrogen-bond acceptors (Lipinski definition) is 0. The van der Waals surface area contributed by atoms with Crippen LogP contribution >= 0.6 is 0 Å². The lowest BCUT2D eigenvalue weighted by atomic mass is 9.51. The Kier molecular flexibility index (Phi) is 6.95. The Bertz CT molecular complexity index is 3050. The summed E-state index contributed by atoms with van der Waals surface area (Å²) < 4.78 is 2.40. The minimum absolute atomic E-state index is 0.435. The van der Waals surface area contributed by atoms with E-state index in [4.69, 9.17) is 0 Å². The monoisotopic (exact) mass is 725 g/mol. The second kappa shape index (κ2) is 12.3. The molecule has 1 nitrogen and oxygen atoms in total. The summed E-state index contributed by atoms with van der Waals surface area (Å²) in [7, 11) is 0. The van der Waals surface area contributed by atoms with Gasteiger partial charge in [-0.3, -0.25) is 0 Å². The molecule has 0 bridgehead atoms. The van der Waals surface area contributed by atoms with E-state index < -0.39 is 10.8 Å². The molecule has 0 saturated heterocycles. The van der Waals surface area contributed by atoms with Gasteiger partial charge in [-0.2, -0.15) is 0 Å². The van der Waals surface area contributed by atoms with Gasteiger partial charge in [-0.25, -0.2) is 0 Å². The SMILES string of the molecule is C1=C(c2ccc(-n3c4ccccc4c4ccccc43)cc2)C=C(C2(c3ccccc3)c3ccccc3C3(c4ccccc4)c4ccccc4-c4cccc2c43)CC1. The van der Waals surface area contributed by atoms with E-state index in [-0.39, 0.29) is 0 Å². The van der Waals surface area contributed by atoms with Gasteiger partial charge in [-0.1, -0.05) is 188 Å². The molecular formula is C56H39N. The lowest BCUT2D eigenvalue weighted by Crippen LogP contribution is -2.45. The van der Waals surface area contributed by atoms with Crippen LogP contribution in [0.25, 0.3) is 44.2 Å². The van der Waals surface area contributed by atoms with Crippen LogP contribution < -0.4 is 0 Å². The van der Waals surface area contributed by atoms with Crippen molar-refractivity contribution in [2.45, 2.75) is 23.7 Å². The van der Waals surface area contributed by atoms with Crippen molar-refractivity contribution >= 4 is 27.4 Å². The Hall–Kier alpha value is -6.96. The highest BCUT2D eigenvalue weighted by Gasteiger charge is 2.57. The van der Waals surface area contributed by atoms with Gasteiger partial charge in [0.15, 0.2) is 0 Å². The number of allylic oxidation sites excluding steroid dienone is 4. The van der Waals surface area contributed by atoms with Gasteiger partial charge >= 0.3 is 0 Å². The van der Waals surface area contributed by atoms with Crippen molar-refractivity contribution in [3.05, 3.63) is 262 Å². The molecule has 2 atom stereocenters. The molecule has 9 aromatic rings. The van der Waals surface area contributed by atoms with Crippen LogP contribution in [-0.4, -0.2) is 4.57 Å². The van der Waals surface area contributed by atoms with Gasteiger partial charge in [0.2, 0.25) is 0 Å². The second-order valence-electron chi connectivity index (χ2n) is 15.8. The van der Waals surface area contributed by atoms with E-state index in [1.54, 1.807) is 0 Å². The Balaban J connectivity index is 1.09. The van der Waals surface area contributed by atoms with Gasteiger partial charge in [-0.05, 0) is 104 Å². The minimum atomic E-state index is -0.494. The summed E-state index contributed by atoms with van der Waals surface area (Å²) in [5.41, 5.74) is 18.9. The molecule has 0 aliphatic heterocycles. The predicted octanol–water partition coefficient (Wildman–Crippen LogP) is 13.6. The molecule has 3 aliphatic rings. The molecule has 1 heterocycles. The van der Waals surface area contributed by atoms with Crippen LogP contribution in [0.15, 0.2) is 218 Å². The first-order chi connectivity index (χ1) is 28.3. The lowest BCUT2D eigenvalue weighted by Gasteiger charge is -2.50. The molecule has 0 saturated carbocycles.